The molecule has 1 heterocycles. The van der Waals surface area contributed by atoms with Gasteiger partial charge < -0.3 is 5.32 Å². The normalized spacial score (nSPS) is 25.0. The van der Waals surface area contributed by atoms with E-state index in [1.807, 2.05) is 0 Å². The van der Waals surface area contributed by atoms with Gasteiger partial charge >= 0.3 is 0 Å². The lowest BCUT2D eigenvalue weighted by atomic mass is 9.83. The predicted octanol–water partition coefficient (Wildman–Crippen LogP) is 4.09. The molecule has 0 aliphatic carbocycles. The molecule has 2 rings (SSSR count). The maximum Gasteiger partial charge on any atom is 0.0473 e. The van der Waals surface area contributed by atoms with Crippen LogP contribution in [0.1, 0.15) is 53.1 Å². The van der Waals surface area contributed by atoms with Gasteiger partial charge in [-0.05, 0) is 16.4 Å². The first-order valence-electron chi connectivity index (χ1n) is 8.19. The van der Waals surface area contributed by atoms with E-state index in [1.54, 1.807) is 0 Å². The third-order valence-electron chi connectivity index (χ3n) is 4.32. The van der Waals surface area contributed by atoms with E-state index >= 15 is 0 Å². The van der Waals surface area contributed by atoms with Crippen molar-refractivity contribution < 1.29 is 0 Å². The number of rotatable bonds is 2. The van der Waals surface area contributed by atoms with E-state index in [1.165, 1.54) is 5.56 Å². The molecule has 1 aliphatic rings. The summed E-state index contributed by atoms with van der Waals surface area (Å²) in [5.41, 5.74) is 2.06. The van der Waals surface area contributed by atoms with Crippen LogP contribution in [-0.2, 0) is 0 Å². The fourth-order valence-corrected chi connectivity index (χ4v) is 3.18. The molecule has 1 aliphatic heterocycles. The highest BCUT2D eigenvalue weighted by Crippen LogP contribution is 2.31. The Labute approximate surface area is 130 Å². The van der Waals surface area contributed by atoms with Gasteiger partial charge in [-0.2, -0.15) is 0 Å². The zero-order valence-corrected chi connectivity index (χ0v) is 14.6. The average molecular weight is 288 g/mol. The molecule has 1 fully saturated rings. The molecule has 0 aromatic heterocycles. The average Bonchev–Trinajstić information content (AvgIpc) is 2.36. The maximum absolute atomic E-state index is 3.78. The Bertz CT molecular complexity index is 439. The van der Waals surface area contributed by atoms with Crippen LogP contribution in [0.25, 0.3) is 0 Å². The second kappa shape index (κ2) is 6.10. The second-order valence-electron chi connectivity index (χ2n) is 8.74. The van der Waals surface area contributed by atoms with Gasteiger partial charge in [0.1, 0.15) is 0 Å². The van der Waals surface area contributed by atoms with Gasteiger partial charge in [0.15, 0.2) is 0 Å². The van der Waals surface area contributed by atoms with Crippen molar-refractivity contribution in [3.63, 3.8) is 0 Å². The van der Waals surface area contributed by atoms with Crippen LogP contribution in [0.4, 0.5) is 0 Å². The van der Waals surface area contributed by atoms with Crippen molar-refractivity contribution in [2.75, 3.05) is 19.6 Å². The molecule has 0 amide bonds. The van der Waals surface area contributed by atoms with Gasteiger partial charge in [0.05, 0.1) is 0 Å². The molecule has 1 N–H and O–H groups in total. The van der Waals surface area contributed by atoms with Gasteiger partial charge in [0.2, 0.25) is 0 Å². The third kappa shape index (κ3) is 4.55. The van der Waals surface area contributed by atoms with E-state index in [4.69, 9.17) is 0 Å². The van der Waals surface area contributed by atoms with Crippen molar-refractivity contribution in [1.82, 2.24) is 10.2 Å². The zero-order chi connectivity index (χ0) is 15.7. The Morgan fingerprint density at radius 2 is 1.67 bits per heavy atom. The summed E-state index contributed by atoms with van der Waals surface area (Å²) in [7, 11) is 0. The molecular weight excluding hydrogens is 256 g/mol. The Morgan fingerprint density at radius 1 is 1.05 bits per heavy atom. The highest BCUT2D eigenvalue weighted by atomic mass is 15.2. The Morgan fingerprint density at radius 3 is 2.19 bits per heavy atom. The molecule has 1 aromatic carbocycles. The van der Waals surface area contributed by atoms with E-state index in [0.29, 0.717) is 22.9 Å². The molecule has 0 radical (unpaired) electrons. The molecule has 2 nitrogen and oxygen atoms in total. The Hall–Kier alpha value is -0.860. The van der Waals surface area contributed by atoms with Crippen LogP contribution in [-0.4, -0.2) is 30.6 Å². The number of nitrogens with one attached hydrogen (secondary N) is 1. The lowest BCUT2D eigenvalue weighted by Gasteiger charge is -2.47. The second-order valence-corrected chi connectivity index (χ2v) is 8.74. The van der Waals surface area contributed by atoms with Crippen LogP contribution >= 0.6 is 0 Å². The molecule has 1 saturated heterocycles. The first-order chi connectivity index (χ1) is 9.67. The minimum Gasteiger partial charge on any atom is -0.310 e. The molecule has 2 atom stereocenters. The Balaban J connectivity index is 2.20. The lowest BCUT2D eigenvalue weighted by molar-refractivity contribution is 0.0580. The summed E-state index contributed by atoms with van der Waals surface area (Å²) in [6, 6.07) is 12.0. The zero-order valence-electron chi connectivity index (χ0n) is 14.6. The van der Waals surface area contributed by atoms with E-state index in [9.17, 15) is 0 Å². The predicted molar refractivity (Wildman–Crippen MR) is 91.5 cm³/mol. The van der Waals surface area contributed by atoms with E-state index in [2.05, 4.69) is 82.1 Å². The largest absolute Gasteiger partial charge is 0.310 e. The first kappa shape index (κ1) is 16.5. The summed E-state index contributed by atoms with van der Waals surface area (Å²) in [6.45, 7) is 17.3. The van der Waals surface area contributed by atoms with Crippen LogP contribution < -0.4 is 5.32 Å². The standard InChI is InChI=1S/C19H32N2/c1-18(2,3)14-21-13-17(19(4,5)6)20-12-16(21)15-10-8-7-9-11-15/h7-11,16-17,20H,12-14H2,1-6H3. The quantitative estimate of drug-likeness (QED) is 0.881. The van der Waals surface area contributed by atoms with Gasteiger partial charge in [0.25, 0.3) is 0 Å². The first-order valence-corrected chi connectivity index (χ1v) is 8.19. The van der Waals surface area contributed by atoms with E-state index in [-0.39, 0.29) is 0 Å². The van der Waals surface area contributed by atoms with Crippen LogP contribution in [0.2, 0.25) is 0 Å². The minimum absolute atomic E-state index is 0.303. The summed E-state index contributed by atoms with van der Waals surface area (Å²) in [4.78, 5) is 2.68. The summed E-state index contributed by atoms with van der Waals surface area (Å²) in [5.74, 6) is 0. The topological polar surface area (TPSA) is 15.3 Å². The fourth-order valence-electron chi connectivity index (χ4n) is 3.18. The Kier molecular flexibility index (Phi) is 4.79. The van der Waals surface area contributed by atoms with Gasteiger partial charge in [-0.1, -0.05) is 71.9 Å². The molecule has 1 aromatic rings. The number of piperazine rings is 1. The molecule has 21 heavy (non-hydrogen) atoms. The van der Waals surface area contributed by atoms with Crippen LogP contribution in [0.3, 0.4) is 0 Å². The van der Waals surface area contributed by atoms with Gasteiger partial charge in [-0.15, -0.1) is 0 Å². The molecule has 0 spiro atoms. The third-order valence-corrected chi connectivity index (χ3v) is 4.32. The minimum atomic E-state index is 0.303. The van der Waals surface area contributed by atoms with Crippen molar-refractivity contribution in [1.29, 1.82) is 0 Å². The highest BCUT2D eigenvalue weighted by Gasteiger charge is 2.35. The SMILES string of the molecule is CC(C)(C)CN1CC(C(C)(C)C)NCC1c1ccccc1. The molecule has 0 saturated carbocycles. The number of hydrogen-bond donors (Lipinski definition) is 1. The van der Waals surface area contributed by atoms with Crippen LogP contribution in [0, 0.1) is 10.8 Å². The number of benzene rings is 1. The number of hydrogen-bond acceptors (Lipinski definition) is 2. The van der Waals surface area contributed by atoms with Crippen molar-refractivity contribution in [2.24, 2.45) is 10.8 Å². The van der Waals surface area contributed by atoms with E-state index < -0.39 is 0 Å². The van der Waals surface area contributed by atoms with Crippen LogP contribution in [0.5, 0.6) is 0 Å². The van der Waals surface area contributed by atoms with Crippen molar-refractivity contribution >= 4 is 0 Å². The maximum atomic E-state index is 3.78. The molecule has 118 valence electrons. The van der Waals surface area contributed by atoms with Gasteiger partial charge in [-0.25, -0.2) is 0 Å². The van der Waals surface area contributed by atoms with Crippen molar-refractivity contribution in [3.05, 3.63) is 35.9 Å². The van der Waals surface area contributed by atoms with Crippen molar-refractivity contribution in [2.45, 2.75) is 53.6 Å². The fraction of sp³-hybridized carbons (Fsp3) is 0.684. The molecule has 0 bridgehead atoms. The highest BCUT2D eigenvalue weighted by molar-refractivity contribution is 5.20. The van der Waals surface area contributed by atoms with Crippen molar-refractivity contribution in [3.8, 4) is 0 Å². The molecule has 2 heteroatoms. The number of nitrogens with zero attached hydrogens (tertiary/aromatic N) is 1. The molecular formula is C19H32N2. The summed E-state index contributed by atoms with van der Waals surface area (Å²) in [5, 5.41) is 3.78. The summed E-state index contributed by atoms with van der Waals surface area (Å²) < 4.78 is 0. The monoisotopic (exact) mass is 288 g/mol. The molecule has 2 unspecified atom stereocenters. The summed E-state index contributed by atoms with van der Waals surface area (Å²) in [6.07, 6.45) is 0. The lowest BCUT2D eigenvalue weighted by Crippen LogP contribution is -2.58. The smallest absolute Gasteiger partial charge is 0.0473 e. The van der Waals surface area contributed by atoms with Gasteiger partial charge in [0, 0.05) is 31.7 Å². The van der Waals surface area contributed by atoms with E-state index in [0.717, 1.165) is 19.6 Å². The summed E-state index contributed by atoms with van der Waals surface area (Å²) >= 11 is 0. The van der Waals surface area contributed by atoms with Crippen LogP contribution in [0.15, 0.2) is 30.3 Å². The van der Waals surface area contributed by atoms with Gasteiger partial charge in [-0.3, -0.25) is 4.90 Å².